The van der Waals surface area contributed by atoms with Crippen molar-refractivity contribution >= 4 is 17.7 Å². The summed E-state index contributed by atoms with van der Waals surface area (Å²) in [5, 5.41) is 7.64. The second-order valence-corrected chi connectivity index (χ2v) is 10.3. The molecule has 0 aliphatic carbocycles. The third kappa shape index (κ3) is 6.50. The van der Waals surface area contributed by atoms with E-state index < -0.39 is 5.60 Å². The topological polar surface area (TPSA) is 85.7 Å². The Morgan fingerprint density at radius 1 is 1.08 bits per heavy atom. The zero-order chi connectivity index (χ0) is 26.6. The molecular weight excluding hydrogens is 468 g/mol. The van der Waals surface area contributed by atoms with Gasteiger partial charge in [-0.05, 0) is 89.4 Å². The molecule has 0 saturated carbocycles. The number of ether oxygens (including phenoxy) is 2. The van der Waals surface area contributed by atoms with Gasteiger partial charge in [0.1, 0.15) is 11.4 Å². The SMILES string of the molecule is CCOc1ccc(NC(=O)c2cnn(-c3cccc(C)c3)c2C2CCN(C(=O)OC(C)(C)C)CC2)cc1. The minimum atomic E-state index is -0.538. The van der Waals surface area contributed by atoms with Crippen molar-refractivity contribution in [1.29, 1.82) is 0 Å². The van der Waals surface area contributed by atoms with Gasteiger partial charge in [0.25, 0.3) is 5.91 Å². The normalized spacial score (nSPS) is 14.4. The Balaban J connectivity index is 1.59. The van der Waals surface area contributed by atoms with Crippen molar-refractivity contribution in [2.75, 3.05) is 25.0 Å². The first-order valence-electron chi connectivity index (χ1n) is 12.8. The lowest BCUT2D eigenvalue weighted by Gasteiger charge is -2.34. The number of nitrogens with one attached hydrogen (secondary N) is 1. The van der Waals surface area contributed by atoms with Crippen molar-refractivity contribution < 1.29 is 19.1 Å². The number of amides is 2. The quantitative estimate of drug-likeness (QED) is 0.449. The number of carbonyl (C=O) groups excluding carboxylic acids is 2. The van der Waals surface area contributed by atoms with Gasteiger partial charge in [-0.25, -0.2) is 9.48 Å². The molecule has 8 nitrogen and oxygen atoms in total. The number of rotatable bonds is 6. The third-order valence-electron chi connectivity index (χ3n) is 6.25. The van der Waals surface area contributed by atoms with Crippen LogP contribution < -0.4 is 10.1 Å². The average molecular weight is 505 g/mol. The lowest BCUT2D eigenvalue weighted by atomic mass is 9.90. The number of benzene rings is 2. The molecule has 8 heteroatoms. The van der Waals surface area contributed by atoms with Gasteiger partial charge in [-0.3, -0.25) is 4.79 Å². The van der Waals surface area contributed by atoms with Gasteiger partial charge in [0.2, 0.25) is 0 Å². The molecule has 37 heavy (non-hydrogen) atoms. The predicted octanol–water partition coefficient (Wildman–Crippen LogP) is 5.95. The van der Waals surface area contributed by atoms with Crippen molar-refractivity contribution in [2.45, 2.75) is 59.0 Å². The van der Waals surface area contributed by atoms with Gasteiger partial charge in [0.15, 0.2) is 0 Å². The number of carbonyl (C=O) groups is 2. The van der Waals surface area contributed by atoms with Gasteiger partial charge >= 0.3 is 6.09 Å². The van der Waals surface area contributed by atoms with Crippen molar-refractivity contribution in [3.8, 4) is 11.4 Å². The Bertz CT molecular complexity index is 1240. The number of hydrogen-bond donors (Lipinski definition) is 1. The van der Waals surface area contributed by atoms with E-state index in [9.17, 15) is 9.59 Å². The third-order valence-corrected chi connectivity index (χ3v) is 6.25. The largest absolute Gasteiger partial charge is 0.494 e. The van der Waals surface area contributed by atoms with E-state index in [0.717, 1.165) is 22.7 Å². The van der Waals surface area contributed by atoms with Gasteiger partial charge in [-0.15, -0.1) is 0 Å². The fraction of sp³-hybridized carbons (Fsp3) is 0.414. The highest BCUT2D eigenvalue weighted by atomic mass is 16.6. The van der Waals surface area contributed by atoms with Crippen molar-refractivity contribution in [3.63, 3.8) is 0 Å². The molecule has 0 spiro atoms. The van der Waals surface area contributed by atoms with E-state index in [2.05, 4.69) is 16.5 Å². The molecule has 1 aliphatic rings. The lowest BCUT2D eigenvalue weighted by Crippen LogP contribution is -2.41. The highest BCUT2D eigenvalue weighted by Crippen LogP contribution is 2.33. The van der Waals surface area contributed by atoms with Crippen LogP contribution >= 0.6 is 0 Å². The molecule has 0 radical (unpaired) electrons. The summed E-state index contributed by atoms with van der Waals surface area (Å²) in [6, 6.07) is 15.4. The minimum Gasteiger partial charge on any atom is -0.494 e. The highest BCUT2D eigenvalue weighted by Gasteiger charge is 2.32. The molecule has 0 unspecified atom stereocenters. The van der Waals surface area contributed by atoms with E-state index in [-0.39, 0.29) is 17.9 Å². The fourth-order valence-corrected chi connectivity index (χ4v) is 4.55. The van der Waals surface area contributed by atoms with Crippen LogP contribution in [0.3, 0.4) is 0 Å². The Morgan fingerprint density at radius 3 is 2.41 bits per heavy atom. The Morgan fingerprint density at radius 2 is 1.78 bits per heavy atom. The molecule has 0 bridgehead atoms. The lowest BCUT2D eigenvalue weighted by molar-refractivity contribution is 0.0203. The van der Waals surface area contributed by atoms with E-state index >= 15 is 0 Å². The summed E-state index contributed by atoms with van der Waals surface area (Å²) in [4.78, 5) is 27.8. The molecule has 196 valence electrons. The molecule has 2 amide bonds. The predicted molar refractivity (Wildman–Crippen MR) is 144 cm³/mol. The smallest absolute Gasteiger partial charge is 0.410 e. The zero-order valence-corrected chi connectivity index (χ0v) is 22.3. The molecule has 1 fully saturated rings. The van der Waals surface area contributed by atoms with E-state index in [1.165, 1.54) is 0 Å². The summed E-state index contributed by atoms with van der Waals surface area (Å²) in [5.74, 6) is 0.598. The number of aryl methyl sites for hydroxylation is 1. The second-order valence-electron chi connectivity index (χ2n) is 10.3. The summed E-state index contributed by atoms with van der Waals surface area (Å²) in [6.07, 6.45) is 2.76. The summed E-state index contributed by atoms with van der Waals surface area (Å²) in [7, 11) is 0. The van der Waals surface area contributed by atoms with Gasteiger partial charge in [0, 0.05) is 24.7 Å². The number of aromatic nitrogens is 2. The molecule has 1 saturated heterocycles. The van der Waals surface area contributed by atoms with Crippen LogP contribution in [0.2, 0.25) is 0 Å². The van der Waals surface area contributed by atoms with E-state index in [1.807, 2.05) is 81.8 Å². The van der Waals surface area contributed by atoms with E-state index in [1.54, 1.807) is 11.1 Å². The maximum atomic E-state index is 13.4. The maximum absolute atomic E-state index is 13.4. The molecule has 3 aromatic rings. The first kappa shape index (κ1) is 26.3. The van der Waals surface area contributed by atoms with Crippen LogP contribution in [-0.2, 0) is 4.74 Å². The number of likely N-dealkylation sites (tertiary alicyclic amines) is 1. The number of piperidine rings is 1. The molecular formula is C29H36N4O4. The van der Waals surface area contributed by atoms with Gasteiger partial charge < -0.3 is 19.7 Å². The molecule has 1 aliphatic heterocycles. The highest BCUT2D eigenvalue weighted by molar-refractivity contribution is 6.05. The molecule has 1 aromatic heterocycles. The standard InChI is InChI=1S/C29H36N4O4/c1-6-36-24-12-10-22(11-13-24)31-27(34)25-19-30-33(23-9-7-8-20(2)18-23)26(25)21-14-16-32(17-15-21)28(35)37-29(3,4)5/h7-13,18-19,21H,6,14-17H2,1-5H3,(H,31,34). The minimum absolute atomic E-state index is 0.0581. The molecule has 0 atom stereocenters. The van der Waals surface area contributed by atoms with Crippen molar-refractivity contribution in [1.82, 2.24) is 14.7 Å². The van der Waals surface area contributed by atoms with Crippen LogP contribution in [-0.4, -0.2) is 52.0 Å². The van der Waals surface area contributed by atoms with E-state index in [0.29, 0.717) is 43.8 Å². The van der Waals surface area contributed by atoms with Crippen LogP contribution in [0, 0.1) is 6.92 Å². The number of anilines is 1. The average Bonchev–Trinajstić information content (AvgIpc) is 3.30. The number of nitrogens with zero attached hydrogens (tertiary/aromatic N) is 3. The zero-order valence-electron chi connectivity index (χ0n) is 22.3. The van der Waals surface area contributed by atoms with Crippen molar-refractivity contribution in [2.24, 2.45) is 0 Å². The van der Waals surface area contributed by atoms with Crippen LogP contribution in [0.25, 0.3) is 5.69 Å². The van der Waals surface area contributed by atoms with Crippen LogP contribution in [0.15, 0.2) is 54.7 Å². The number of hydrogen-bond acceptors (Lipinski definition) is 5. The Kier molecular flexibility index (Phi) is 7.86. The van der Waals surface area contributed by atoms with Crippen molar-refractivity contribution in [3.05, 3.63) is 71.5 Å². The summed E-state index contributed by atoms with van der Waals surface area (Å²) in [5.41, 5.74) is 3.55. The Labute approximate surface area is 218 Å². The molecule has 1 N–H and O–H groups in total. The summed E-state index contributed by atoms with van der Waals surface area (Å²) < 4.78 is 12.9. The van der Waals surface area contributed by atoms with Gasteiger partial charge in [-0.1, -0.05) is 12.1 Å². The second kappa shape index (κ2) is 11.1. The molecule has 4 rings (SSSR count). The molecule has 2 aromatic carbocycles. The summed E-state index contributed by atoms with van der Waals surface area (Å²) in [6.45, 7) is 11.3. The van der Waals surface area contributed by atoms with Gasteiger partial charge in [0.05, 0.1) is 29.7 Å². The fourth-order valence-electron chi connectivity index (χ4n) is 4.55. The Hall–Kier alpha value is -3.81. The monoisotopic (exact) mass is 504 g/mol. The van der Waals surface area contributed by atoms with Crippen LogP contribution in [0.1, 0.15) is 68.1 Å². The first-order valence-corrected chi connectivity index (χ1v) is 12.8. The summed E-state index contributed by atoms with van der Waals surface area (Å²) >= 11 is 0. The molecule has 2 heterocycles. The van der Waals surface area contributed by atoms with E-state index in [4.69, 9.17) is 9.47 Å². The van der Waals surface area contributed by atoms with Crippen LogP contribution in [0.4, 0.5) is 10.5 Å². The maximum Gasteiger partial charge on any atom is 0.410 e. The van der Waals surface area contributed by atoms with Gasteiger partial charge in [-0.2, -0.15) is 5.10 Å². The van der Waals surface area contributed by atoms with Crippen LogP contribution in [0.5, 0.6) is 5.75 Å². The first-order chi connectivity index (χ1) is 17.6.